The summed E-state index contributed by atoms with van der Waals surface area (Å²) in [7, 11) is 2.17. The van der Waals surface area contributed by atoms with Crippen LogP contribution in [0.5, 0.6) is 5.75 Å². The first-order chi connectivity index (χ1) is 8.95. The van der Waals surface area contributed by atoms with Gasteiger partial charge in [0.25, 0.3) is 0 Å². The topological polar surface area (TPSA) is 41.7 Å². The van der Waals surface area contributed by atoms with Gasteiger partial charge in [-0.05, 0) is 33.9 Å². The van der Waals surface area contributed by atoms with Gasteiger partial charge in [0, 0.05) is 49.2 Å². The Hall–Kier alpha value is -1.42. The molecular weight excluding hydrogens is 238 g/mol. The van der Waals surface area contributed by atoms with Crippen LogP contribution in [0.4, 0.5) is 11.4 Å². The van der Waals surface area contributed by atoms with Crippen LogP contribution in [0.1, 0.15) is 20.8 Å². The third kappa shape index (κ3) is 3.53. The molecule has 0 amide bonds. The van der Waals surface area contributed by atoms with Crippen LogP contribution in [0.2, 0.25) is 0 Å². The maximum atomic E-state index is 6.00. The summed E-state index contributed by atoms with van der Waals surface area (Å²) in [5, 5.41) is 0. The monoisotopic (exact) mass is 263 g/mol. The van der Waals surface area contributed by atoms with Crippen molar-refractivity contribution in [1.82, 2.24) is 4.90 Å². The number of rotatable bonds is 3. The second kappa shape index (κ2) is 5.70. The Morgan fingerprint density at radius 1 is 1.26 bits per heavy atom. The largest absolute Gasteiger partial charge is 0.491 e. The van der Waals surface area contributed by atoms with E-state index < -0.39 is 0 Å². The van der Waals surface area contributed by atoms with Gasteiger partial charge < -0.3 is 20.3 Å². The van der Waals surface area contributed by atoms with Gasteiger partial charge in [-0.2, -0.15) is 0 Å². The van der Waals surface area contributed by atoms with Crippen LogP contribution in [0.15, 0.2) is 18.2 Å². The number of nitrogen functional groups attached to an aromatic ring is 1. The van der Waals surface area contributed by atoms with Crippen molar-refractivity contribution in [2.45, 2.75) is 32.9 Å². The summed E-state index contributed by atoms with van der Waals surface area (Å²) in [6.07, 6.45) is 0.166. The molecule has 1 fully saturated rings. The van der Waals surface area contributed by atoms with E-state index in [-0.39, 0.29) is 6.10 Å². The highest BCUT2D eigenvalue weighted by Gasteiger charge is 2.22. The predicted octanol–water partition coefficient (Wildman–Crippen LogP) is 2.20. The highest BCUT2D eigenvalue weighted by molar-refractivity contribution is 5.61. The van der Waals surface area contributed by atoms with Crippen LogP contribution in [0.3, 0.4) is 0 Å². The third-order valence-electron chi connectivity index (χ3n) is 3.45. The molecule has 0 saturated carbocycles. The fourth-order valence-electron chi connectivity index (χ4n) is 2.64. The summed E-state index contributed by atoms with van der Waals surface area (Å²) in [6.45, 7) is 9.50. The van der Waals surface area contributed by atoms with Gasteiger partial charge in [0.05, 0.1) is 6.10 Å². The van der Waals surface area contributed by atoms with Gasteiger partial charge >= 0.3 is 0 Å². The Labute approximate surface area is 116 Å². The number of nitrogens with zero attached hydrogens (tertiary/aromatic N) is 2. The number of benzene rings is 1. The van der Waals surface area contributed by atoms with Gasteiger partial charge in [-0.1, -0.05) is 0 Å². The average Bonchev–Trinajstić information content (AvgIpc) is 2.26. The zero-order valence-corrected chi connectivity index (χ0v) is 12.4. The molecule has 2 rings (SSSR count). The lowest BCUT2D eigenvalue weighted by Gasteiger charge is -2.40. The molecule has 106 valence electrons. The van der Waals surface area contributed by atoms with Gasteiger partial charge in [0.1, 0.15) is 5.75 Å². The van der Waals surface area contributed by atoms with Crippen LogP contribution in [-0.4, -0.2) is 43.7 Å². The van der Waals surface area contributed by atoms with E-state index in [4.69, 9.17) is 10.5 Å². The van der Waals surface area contributed by atoms with Crippen molar-refractivity contribution in [2.75, 3.05) is 37.3 Å². The number of nitrogens with two attached hydrogens (primary N) is 1. The van der Waals surface area contributed by atoms with Crippen molar-refractivity contribution >= 4 is 11.4 Å². The highest BCUT2D eigenvalue weighted by Crippen LogP contribution is 2.28. The fourth-order valence-corrected chi connectivity index (χ4v) is 2.64. The second-order valence-corrected chi connectivity index (χ2v) is 5.73. The van der Waals surface area contributed by atoms with Crippen LogP contribution < -0.4 is 15.4 Å². The molecule has 19 heavy (non-hydrogen) atoms. The zero-order chi connectivity index (χ0) is 14.0. The van der Waals surface area contributed by atoms with Gasteiger partial charge in [0.2, 0.25) is 0 Å². The van der Waals surface area contributed by atoms with Gasteiger partial charge in [0.15, 0.2) is 0 Å². The van der Waals surface area contributed by atoms with Gasteiger partial charge in [-0.15, -0.1) is 0 Å². The molecule has 1 aromatic carbocycles. The Morgan fingerprint density at radius 3 is 2.63 bits per heavy atom. The summed E-state index contributed by atoms with van der Waals surface area (Å²) >= 11 is 0. The Bertz CT molecular complexity index is 433. The molecule has 1 aliphatic rings. The molecule has 1 atom stereocenters. The van der Waals surface area contributed by atoms with E-state index in [2.05, 4.69) is 29.8 Å². The minimum absolute atomic E-state index is 0.166. The number of hydrogen-bond acceptors (Lipinski definition) is 4. The van der Waals surface area contributed by atoms with Crippen LogP contribution >= 0.6 is 0 Å². The minimum Gasteiger partial charge on any atom is -0.491 e. The fraction of sp³-hybridized carbons (Fsp3) is 0.600. The van der Waals surface area contributed by atoms with Crippen molar-refractivity contribution in [3.8, 4) is 5.75 Å². The van der Waals surface area contributed by atoms with Crippen molar-refractivity contribution in [1.29, 1.82) is 0 Å². The Kier molecular flexibility index (Phi) is 4.20. The normalized spacial score (nSPS) is 20.9. The number of hydrogen-bond donors (Lipinski definition) is 1. The lowest BCUT2D eigenvalue weighted by Crippen LogP contribution is -2.50. The first kappa shape index (κ1) is 14.0. The molecule has 0 spiro atoms. The van der Waals surface area contributed by atoms with E-state index in [0.717, 1.165) is 36.8 Å². The molecule has 4 nitrogen and oxygen atoms in total. The summed E-state index contributed by atoms with van der Waals surface area (Å²) in [5.41, 5.74) is 7.92. The third-order valence-corrected chi connectivity index (χ3v) is 3.45. The molecule has 1 heterocycles. The average molecular weight is 263 g/mol. The lowest BCUT2D eigenvalue weighted by atomic mass is 10.1. The van der Waals surface area contributed by atoms with Crippen molar-refractivity contribution < 1.29 is 4.74 Å². The zero-order valence-electron chi connectivity index (χ0n) is 12.4. The molecule has 2 N–H and O–H groups in total. The standard InChI is InChI=1S/C15H25N3O/c1-11(2)19-15-8-13(16)7-14(9-15)18-6-5-17(4)10-12(18)3/h7-9,11-12H,5-6,10,16H2,1-4H3. The summed E-state index contributed by atoms with van der Waals surface area (Å²) in [6, 6.07) is 6.52. The molecular formula is C15H25N3O. The van der Waals surface area contributed by atoms with E-state index >= 15 is 0 Å². The van der Waals surface area contributed by atoms with E-state index in [1.54, 1.807) is 0 Å². The SMILES string of the molecule is CC(C)Oc1cc(N)cc(N2CCN(C)CC2C)c1. The van der Waals surface area contributed by atoms with Crippen molar-refractivity contribution in [2.24, 2.45) is 0 Å². The predicted molar refractivity (Wildman–Crippen MR) is 80.9 cm³/mol. The van der Waals surface area contributed by atoms with Crippen LogP contribution in [-0.2, 0) is 0 Å². The highest BCUT2D eigenvalue weighted by atomic mass is 16.5. The van der Waals surface area contributed by atoms with E-state index in [0.29, 0.717) is 6.04 Å². The van der Waals surface area contributed by atoms with Crippen molar-refractivity contribution in [3.63, 3.8) is 0 Å². The van der Waals surface area contributed by atoms with Gasteiger partial charge in [-0.25, -0.2) is 0 Å². The maximum absolute atomic E-state index is 6.00. The number of likely N-dealkylation sites (N-methyl/N-ethyl adjacent to an activating group) is 1. The summed E-state index contributed by atoms with van der Waals surface area (Å²) < 4.78 is 5.77. The van der Waals surface area contributed by atoms with Gasteiger partial charge in [-0.3, -0.25) is 0 Å². The molecule has 0 aromatic heterocycles. The minimum atomic E-state index is 0.166. The molecule has 0 radical (unpaired) electrons. The Balaban J connectivity index is 2.21. The smallest absolute Gasteiger partial charge is 0.123 e. The molecule has 0 aliphatic carbocycles. The molecule has 1 unspecified atom stereocenters. The maximum Gasteiger partial charge on any atom is 0.123 e. The van der Waals surface area contributed by atoms with E-state index in [1.165, 1.54) is 0 Å². The molecule has 0 bridgehead atoms. The molecule has 4 heteroatoms. The van der Waals surface area contributed by atoms with E-state index in [1.807, 2.05) is 26.0 Å². The lowest BCUT2D eigenvalue weighted by molar-refractivity contribution is 0.242. The molecule has 1 aliphatic heterocycles. The number of anilines is 2. The van der Waals surface area contributed by atoms with Crippen LogP contribution in [0, 0.1) is 0 Å². The summed E-state index contributed by atoms with van der Waals surface area (Å²) in [4.78, 5) is 4.77. The van der Waals surface area contributed by atoms with Crippen LogP contribution in [0.25, 0.3) is 0 Å². The second-order valence-electron chi connectivity index (χ2n) is 5.73. The molecule has 1 aromatic rings. The number of piperazine rings is 1. The van der Waals surface area contributed by atoms with Crippen molar-refractivity contribution in [3.05, 3.63) is 18.2 Å². The Morgan fingerprint density at radius 2 is 2.00 bits per heavy atom. The number of ether oxygens (including phenoxy) is 1. The first-order valence-corrected chi connectivity index (χ1v) is 6.98. The summed E-state index contributed by atoms with van der Waals surface area (Å²) in [5.74, 6) is 0.858. The quantitative estimate of drug-likeness (QED) is 0.849. The van der Waals surface area contributed by atoms with E-state index in [9.17, 15) is 0 Å². The molecule has 1 saturated heterocycles. The first-order valence-electron chi connectivity index (χ1n) is 6.98.